The van der Waals surface area contributed by atoms with Gasteiger partial charge < -0.3 is 20.5 Å². The van der Waals surface area contributed by atoms with Crippen molar-refractivity contribution >= 4 is 29.3 Å². The topological polar surface area (TPSA) is 140 Å². The lowest BCUT2D eigenvalue weighted by molar-refractivity contribution is -0.142. The van der Waals surface area contributed by atoms with Gasteiger partial charge in [-0.25, -0.2) is 0 Å². The van der Waals surface area contributed by atoms with Crippen molar-refractivity contribution in [2.45, 2.75) is 37.8 Å². The molecule has 0 saturated carbocycles. The van der Waals surface area contributed by atoms with Crippen molar-refractivity contribution < 1.29 is 28.7 Å². The summed E-state index contributed by atoms with van der Waals surface area (Å²) in [5, 5.41) is 6.17. The summed E-state index contributed by atoms with van der Waals surface area (Å²) in [6, 6.07) is 10.2. The fraction of sp³-hybridized carbons (Fsp3) is 0.407. The highest BCUT2D eigenvalue weighted by atomic mass is 16.5. The molecular formula is C27H30N4O6. The number of anilines is 1. The van der Waals surface area contributed by atoms with E-state index in [4.69, 9.17) is 15.2 Å². The van der Waals surface area contributed by atoms with Gasteiger partial charge in [0, 0.05) is 30.3 Å². The van der Waals surface area contributed by atoms with Crippen LogP contribution in [0.15, 0.2) is 36.4 Å². The van der Waals surface area contributed by atoms with Gasteiger partial charge in [0.2, 0.25) is 23.6 Å². The Morgan fingerprint density at radius 1 is 1.08 bits per heavy atom. The van der Waals surface area contributed by atoms with Crippen LogP contribution in [0.5, 0.6) is 11.5 Å². The summed E-state index contributed by atoms with van der Waals surface area (Å²) in [5.74, 6) is -2.58. The van der Waals surface area contributed by atoms with Gasteiger partial charge in [-0.15, -0.1) is 0 Å². The summed E-state index contributed by atoms with van der Waals surface area (Å²) in [5.41, 5.74) is 7.13. The Balaban J connectivity index is 1.50. The summed E-state index contributed by atoms with van der Waals surface area (Å²) in [6.07, 6.45) is 0.908. The van der Waals surface area contributed by atoms with Crippen molar-refractivity contribution in [2.24, 2.45) is 17.6 Å². The van der Waals surface area contributed by atoms with Gasteiger partial charge in [0.05, 0.1) is 26.1 Å². The Morgan fingerprint density at radius 2 is 1.84 bits per heavy atom. The van der Waals surface area contributed by atoms with Crippen LogP contribution in [0.4, 0.5) is 5.69 Å². The van der Waals surface area contributed by atoms with E-state index >= 15 is 0 Å². The number of benzene rings is 2. The van der Waals surface area contributed by atoms with Crippen molar-refractivity contribution in [3.8, 4) is 11.5 Å². The second-order valence-corrected chi connectivity index (χ2v) is 9.65. The molecule has 194 valence electrons. The molecule has 4 amide bonds. The number of methoxy groups -OCH3 is 2. The fourth-order valence-electron chi connectivity index (χ4n) is 6.13. The lowest BCUT2D eigenvalue weighted by atomic mass is 9.76. The average Bonchev–Trinajstić information content (AvgIpc) is 3.46. The van der Waals surface area contributed by atoms with E-state index in [2.05, 4.69) is 10.6 Å². The highest BCUT2D eigenvalue weighted by Crippen LogP contribution is 2.54. The number of nitrogens with one attached hydrogen (secondary N) is 2. The molecule has 10 heteroatoms. The van der Waals surface area contributed by atoms with Crippen LogP contribution in [-0.4, -0.2) is 55.3 Å². The quantitative estimate of drug-likeness (QED) is 0.456. The van der Waals surface area contributed by atoms with Gasteiger partial charge in [-0.3, -0.25) is 29.4 Å². The molecule has 3 aliphatic heterocycles. The Labute approximate surface area is 214 Å². The van der Waals surface area contributed by atoms with Gasteiger partial charge in [0.15, 0.2) is 11.5 Å². The predicted octanol–water partition coefficient (Wildman–Crippen LogP) is 1.10. The maximum absolute atomic E-state index is 13.9. The fourth-order valence-corrected chi connectivity index (χ4v) is 6.13. The van der Waals surface area contributed by atoms with Crippen LogP contribution in [0.2, 0.25) is 0 Å². The molecule has 4 atom stereocenters. The van der Waals surface area contributed by atoms with Crippen molar-refractivity contribution in [1.82, 2.24) is 10.2 Å². The smallest absolute Gasteiger partial charge is 0.250 e. The number of hydrogen-bond donors (Lipinski definition) is 3. The normalized spacial score (nSPS) is 25.9. The number of imide groups is 1. The van der Waals surface area contributed by atoms with Crippen molar-refractivity contribution in [2.75, 3.05) is 26.1 Å². The number of primary amides is 1. The number of likely N-dealkylation sites (tertiary alicyclic amines) is 1. The molecule has 1 spiro atoms. The molecule has 2 aromatic rings. The number of hydrogen-bond acceptors (Lipinski definition) is 7. The minimum atomic E-state index is -1.45. The largest absolute Gasteiger partial charge is 0.493 e. The lowest BCUT2D eigenvalue weighted by Gasteiger charge is -2.29. The van der Waals surface area contributed by atoms with E-state index in [0.717, 1.165) is 11.1 Å². The zero-order valence-corrected chi connectivity index (χ0v) is 21.0. The first-order valence-corrected chi connectivity index (χ1v) is 12.3. The Kier molecular flexibility index (Phi) is 6.15. The number of aryl methyl sites for hydroxylation is 1. The van der Waals surface area contributed by atoms with Crippen LogP contribution in [0, 0.1) is 11.8 Å². The van der Waals surface area contributed by atoms with Crippen LogP contribution in [0.25, 0.3) is 0 Å². The molecule has 0 unspecified atom stereocenters. The van der Waals surface area contributed by atoms with Gasteiger partial charge in [-0.1, -0.05) is 31.2 Å². The van der Waals surface area contributed by atoms with E-state index in [0.29, 0.717) is 35.6 Å². The minimum absolute atomic E-state index is 0.128. The second kappa shape index (κ2) is 9.19. The molecule has 0 aromatic heterocycles. The third-order valence-electron chi connectivity index (χ3n) is 7.80. The first kappa shape index (κ1) is 24.8. The molecule has 3 aliphatic rings. The number of amides is 4. The first-order valence-electron chi connectivity index (χ1n) is 12.3. The minimum Gasteiger partial charge on any atom is -0.493 e. The number of carbonyl (C=O) groups is 4. The molecule has 2 saturated heterocycles. The summed E-state index contributed by atoms with van der Waals surface area (Å²) >= 11 is 0. The highest BCUT2D eigenvalue weighted by Gasteiger charge is 2.70. The summed E-state index contributed by atoms with van der Waals surface area (Å²) in [6.45, 7) is 2.11. The Morgan fingerprint density at radius 3 is 2.51 bits per heavy atom. The maximum Gasteiger partial charge on any atom is 0.250 e. The van der Waals surface area contributed by atoms with Crippen molar-refractivity contribution in [3.05, 3.63) is 53.1 Å². The lowest BCUT2D eigenvalue weighted by Crippen LogP contribution is -2.53. The molecule has 5 rings (SSSR count). The Hall–Kier alpha value is -3.92. The summed E-state index contributed by atoms with van der Waals surface area (Å²) < 4.78 is 10.6. The highest BCUT2D eigenvalue weighted by molar-refractivity contribution is 6.15. The van der Waals surface area contributed by atoms with Crippen molar-refractivity contribution in [3.63, 3.8) is 0 Å². The Bertz CT molecular complexity index is 1310. The van der Waals surface area contributed by atoms with E-state index in [-0.39, 0.29) is 13.0 Å². The third-order valence-corrected chi connectivity index (χ3v) is 7.80. The standard InChI is InChI=1S/C27H30N4O6/c1-4-15-6-5-7-16-23(15)29-26(35)27(16)22-21(17(30-27)13-20(28)32)24(33)31(25(22)34)11-10-14-8-9-18(36-2)19(12-14)37-3/h5-9,12,17,21-22,30H,4,10-11,13H2,1-3H3,(H2,28,32)(H,29,35)/t17-,21+,22+,27-/m0/s1. The first-order chi connectivity index (χ1) is 17.8. The molecule has 37 heavy (non-hydrogen) atoms. The van der Waals surface area contributed by atoms with Gasteiger partial charge in [0.25, 0.3) is 0 Å². The molecular weight excluding hydrogens is 476 g/mol. The van der Waals surface area contributed by atoms with Crippen molar-refractivity contribution in [1.29, 1.82) is 0 Å². The maximum atomic E-state index is 13.9. The molecule has 0 radical (unpaired) electrons. The van der Waals surface area contributed by atoms with Crippen LogP contribution in [-0.2, 0) is 37.6 Å². The van der Waals surface area contributed by atoms with Crippen LogP contribution in [0.1, 0.15) is 30.0 Å². The third kappa shape index (κ3) is 3.66. The number of ether oxygens (including phenoxy) is 2. The van der Waals surface area contributed by atoms with Crippen LogP contribution >= 0.6 is 0 Å². The number of nitrogens with zero attached hydrogens (tertiary/aromatic N) is 1. The molecule has 2 fully saturated rings. The average molecular weight is 507 g/mol. The molecule has 2 aromatic carbocycles. The predicted molar refractivity (Wildman–Crippen MR) is 134 cm³/mol. The van der Waals surface area contributed by atoms with E-state index in [9.17, 15) is 19.2 Å². The number of fused-ring (bicyclic) bond motifs is 4. The molecule has 10 nitrogen and oxygen atoms in total. The van der Waals surface area contributed by atoms with Gasteiger partial charge in [-0.2, -0.15) is 0 Å². The molecule has 0 aliphatic carbocycles. The summed E-state index contributed by atoms with van der Waals surface area (Å²) in [7, 11) is 3.08. The van der Waals surface area contributed by atoms with Gasteiger partial charge in [-0.05, 0) is 36.1 Å². The number of rotatable bonds is 8. The molecule has 3 heterocycles. The van der Waals surface area contributed by atoms with Crippen LogP contribution in [0.3, 0.4) is 0 Å². The molecule has 4 N–H and O–H groups in total. The van der Waals surface area contributed by atoms with E-state index in [1.807, 2.05) is 25.1 Å². The second-order valence-electron chi connectivity index (χ2n) is 9.65. The van der Waals surface area contributed by atoms with E-state index in [1.165, 1.54) is 12.0 Å². The SMILES string of the molecule is CCc1cccc2c1NC(=O)[C@]21N[C@@H](CC(N)=O)[C@H]2C(=O)N(CCc3ccc(OC)c(OC)c3)C(=O)[C@@H]21. The number of carbonyl (C=O) groups excluding carboxylic acids is 4. The van der Waals surface area contributed by atoms with E-state index in [1.54, 1.807) is 25.3 Å². The number of nitrogens with two attached hydrogens (primary N) is 1. The zero-order valence-electron chi connectivity index (χ0n) is 21.0. The van der Waals surface area contributed by atoms with Gasteiger partial charge >= 0.3 is 0 Å². The van der Waals surface area contributed by atoms with E-state index < -0.39 is 47.0 Å². The summed E-state index contributed by atoms with van der Waals surface area (Å²) in [4.78, 5) is 54.2. The van der Waals surface area contributed by atoms with Crippen LogP contribution < -0.4 is 25.8 Å². The monoisotopic (exact) mass is 506 g/mol. The zero-order chi connectivity index (χ0) is 26.5. The number of para-hydroxylation sites is 1. The van der Waals surface area contributed by atoms with Gasteiger partial charge in [0.1, 0.15) is 5.54 Å². The molecule has 0 bridgehead atoms.